The average molecular weight is 262 g/mol. The van der Waals surface area contributed by atoms with Crippen molar-refractivity contribution in [3.8, 4) is 11.8 Å². The summed E-state index contributed by atoms with van der Waals surface area (Å²) in [6.07, 6.45) is 3.04. The smallest absolute Gasteiger partial charge is 0.252 e. The number of pyridine rings is 1. The zero-order chi connectivity index (χ0) is 14.1. The third-order valence-electron chi connectivity index (χ3n) is 2.32. The molecule has 1 atom stereocenters. The van der Waals surface area contributed by atoms with Gasteiger partial charge in [-0.05, 0) is 19.9 Å². The molecule has 0 aliphatic rings. The van der Waals surface area contributed by atoms with Crippen LogP contribution in [0.3, 0.4) is 0 Å². The van der Waals surface area contributed by atoms with E-state index in [9.17, 15) is 4.79 Å². The van der Waals surface area contributed by atoms with Crippen molar-refractivity contribution in [2.45, 2.75) is 19.9 Å². The maximum absolute atomic E-state index is 12.1. The van der Waals surface area contributed by atoms with Gasteiger partial charge in [0.25, 0.3) is 5.91 Å². The highest BCUT2D eigenvalue weighted by atomic mass is 16.5. The Morgan fingerprint density at radius 1 is 1.63 bits per heavy atom. The van der Waals surface area contributed by atoms with Crippen molar-refractivity contribution in [2.24, 2.45) is 0 Å². The zero-order valence-corrected chi connectivity index (χ0v) is 11.1. The Hall–Kier alpha value is -1.90. The fraction of sp³-hybridized carbons (Fsp3) is 0.429. The fourth-order valence-corrected chi connectivity index (χ4v) is 1.46. The molecule has 0 saturated heterocycles. The zero-order valence-electron chi connectivity index (χ0n) is 11.1. The minimum atomic E-state index is -0.253. The van der Waals surface area contributed by atoms with E-state index in [1.165, 1.54) is 12.4 Å². The van der Waals surface area contributed by atoms with Crippen molar-refractivity contribution in [3.05, 3.63) is 29.6 Å². The van der Waals surface area contributed by atoms with Crippen LogP contribution in [-0.4, -0.2) is 41.9 Å². The van der Waals surface area contributed by atoms with Gasteiger partial charge in [0, 0.05) is 25.0 Å². The first-order valence-electron chi connectivity index (χ1n) is 6.11. The average Bonchev–Trinajstić information content (AvgIpc) is 2.43. The molecular weight excluding hydrogens is 244 g/mol. The van der Waals surface area contributed by atoms with Crippen LogP contribution in [0.2, 0.25) is 0 Å². The number of nitrogens with zero attached hydrogens (tertiary/aromatic N) is 1. The van der Waals surface area contributed by atoms with Crippen LogP contribution in [0, 0.1) is 11.8 Å². The van der Waals surface area contributed by atoms with Crippen molar-refractivity contribution in [2.75, 3.05) is 19.8 Å². The Labute approximate surface area is 113 Å². The third kappa shape index (κ3) is 5.08. The van der Waals surface area contributed by atoms with Gasteiger partial charge in [0.1, 0.15) is 6.61 Å². The molecule has 5 nitrogen and oxygen atoms in total. The van der Waals surface area contributed by atoms with Crippen LogP contribution in [0.25, 0.3) is 0 Å². The summed E-state index contributed by atoms with van der Waals surface area (Å²) >= 11 is 0. The van der Waals surface area contributed by atoms with Crippen LogP contribution >= 0.6 is 0 Å². The second-order valence-corrected chi connectivity index (χ2v) is 3.92. The van der Waals surface area contributed by atoms with Gasteiger partial charge in [-0.1, -0.05) is 11.8 Å². The summed E-state index contributed by atoms with van der Waals surface area (Å²) in [5, 5.41) is 11.5. The number of carbonyl (C=O) groups excluding carboxylic acids is 1. The number of rotatable bonds is 5. The minimum Gasteiger partial charge on any atom is -0.384 e. The summed E-state index contributed by atoms with van der Waals surface area (Å²) in [7, 11) is 0. The molecule has 0 radical (unpaired) electrons. The minimum absolute atomic E-state index is 0.0840. The van der Waals surface area contributed by atoms with Crippen LogP contribution in [0.15, 0.2) is 18.5 Å². The number of aromatic nitrogens is 1. The Bertz CT molecular complexity index is 477. The number of ether oxygens (including phenoxy) is 1. The Balaban J connectivity index is 2.76. The molecule has 1 aromatic heterocycles. The molecule has 1 unspecified atom stereocenters. The van der Waals surface area contributed by atoms with Gasteiger partial charge in [-0.25, -0.2) is 0 Å². The molecule has 1 rings (SSSR count). The SMILES string of the molecule is CCOCC(C)NC(=O)c1ccncc1C#CCO. The largest absolute Gasteiger partial charge is 0.384 e. The lowest BCUT2D eigenvalue weighted by atomic mass is 10.1. The number of aliphatic hydroxyl groups is 1. The van der Waals surface area contributed by atoms with Crippen molar-refractivity contribution in [1.82, 2.24) is 10.3 Å². The van der Waals surface area contributed by atoms with Crippen LogP contribution < -0.4 is 5.32 Å². The molecule has 2 N–H and O–H groups in total. The standard InChI is InChI=1S/C14H18N2O3/c1-3-19-10-11(2)16-14(18)13-6-7-15-9-12(13)5-4-8-17/h6-7,9,11,17H,3,8,10H2,1-2H3,(H,16,18). The molecule has 1 heterocycles. The normalized spacial score (nSPS) is 11.3. The van der Waals surface area contributed by atoms with Gasteiger partial charge in [0.05, 0.1) is 17.7 Å². The van der Waals surface area contributed by atoms with E-state index in [1.54, 1.807) is 6.07 Å². The first-order chi connectivity index (χ1) is 9.19. The Kier molecular flexibility index (Phi) is 6.58. The maximum atomic E-state index is 12.1. The molecule has 0 fully saturated rings. The fourth-order valence-electron chi connectivity index (χ4n) is 1.46. The second kappa shape index (κ2) is 8.25. The Morgan fingerprint density at radius 3 is 3.11 bits per heavy atom. The molecule has 19 heavy (non-hydrogen) atoms. The topological polar surface area (TPSA) is 71.5 Å². The number of nitrogens with one attached hydrogen (secondary N) is 1. The van der Waals surface area contributed by atoms with Gasteiger partial charge >= 0.3 is 0 Å². The van der Waals surface area contributed by atoms with Crippen molar-refractivity contribution >= 4 is 5.91 Å². The molecule has 0 bridgehead atoms. The molecule has 0 aromatic carbocycles. The van der Waals surface area contributed by atoms with Crippen LogP contribution in [0.5, 0.6) is 0 Å². The highest BCUT2D eigenvalue weighted by Crippen LogP contribution is 2.05. The van der Waals surface area contributed by atoms with Gasteiger partial charge in [0.15, 0.2) is 0 Å². The van der Waals surface area contributed by atoms with Crippen LogP contribution in [-0.2, 0) is 4.74 Å². The number of amides is 1. The van der Waals surface area contributed by atoms with Crippen molar-refractivity contribution < 1.29 is 14.6 Å². The van der Waals surface area contributed by atoms with Crippen LogP contribution in [0.4, 0.5) is 0 Å². The van der Waals surface area contributed by atoms with E-state index in [-0.39, 0.29) is 18.6 Å². The van der Waals surface area contributed by atoms with E-state index in [2.05, 4.69) is 22.1 Å². The lowest BCUT2D eigenvalue weighted by molar-refractivity contribution is 0.0871. The monoisotopic (exact) mass is 262 g/mol. The quantitative estimate of drug-likeness (QED) is 0.761. The van der Waals surface area contributed by atoms with Gasteiger partial charge < -0.3 is 15.2 Å². The molecule has 5 heteroatoms. The summed E-state index contributed by atoms with van der Waals surface area (Å²) in [5.41, 5.74) is 0.942. The molecular formula is C14H18N2O3. The number of aliphatic hydroxyl groups excluding tert-OH is 1. The highest BCUT2D eigenvalue weighted by Gasteiger charge is 2.12. The molecule has 0 saturated carbocycles. The molecule has 0 spiro atoms. The number of hydrogen-bond acceptors (Lipinski definition) is 4. The third-order valence-corrected chi connectivity index (χ3v) is 2.32. The summed E-state index contributed by atoms with van der Waals surface area (Å²) in [4.78, 5) is 16.0. The first kappa shape index (κ1) is 15.2. The van der Waals surface area contributed by atoms with Gasteiger partial charge in [-0.15, -0.1) is 0 Å². The number of hydrogen-bond donors (Lipinski definition) is 2. The highest BCUT2D eigenvalue weighted by molar-refractivity contribution is 5.96. The lowest BCUT2D eigenvalue weighted by Crippen LogP contribution is -2.36. The van der Waals surface area contributed by atoms with Crippen molar-refractivity contribution in [3.63, 3.8) is 0 Å². The summed E-state index contributed by atoms with van der Waals surface area (Å²) < 4.78 is 5.24. The van der Waals surface area contributed by atoms with Gasteiger partial charge in [-0.2, -0.15) is 0 Å². The molecule has 0 aliphatic carbocycles. The predicted octanol–water partition coefficient (Wildman–Crippen LogP) is 0.580. The van der Waals surface area contributed by atoms with Crippen LogP contribution in [0.1, 0.15) is 29.8 Å². The van der Waals surface area contributed by atoms with Crippen molar-refractivity contribution in [1.29, 1.82) is 0 Å². The Morgan fingerprint density at radius 2 is 2.42 bits per heavy atom. The van der Waals surface area contributed by atoms with Gasteiger partial charge in [0.2, 0.25) is 0 Å². The van der Waals surface area contributed by atoms with E-state index < -0.39 is 0 Å². The van der Waals surface area contributed by atoms with Gasteiger partial charge in [-0.3, -0.25) is 9.78 Å². The molecule has 102 valence electrons. The summed E-state index contributed by atoms with van der Waals surface area (Å²) in [6.45, 7) is 4.60. The van der Waals surface area contributed by atoms with E-state index in [0.29, 0.717) is 24.3 Å². The van der Waals surface area contributed by atoms with E-state index in [1.807, 2.05) is 13.8 Å². The molecule has 1 aromatic rings. The lowest BCUT2D eigenvalue weighted by Gasteiger charge is -2.14. The molecule has 1 amide bonds. The van der Waals surface area contributed by atoms with E-state index in [0.717, 1.165) is 0 Å². The predicted molar refractivity (Wildman–Crippen MR) is 71.6 cm³/mol. The maximum Gasteiger partial charge on any atom is 0.252 e. The van der Waals surface area contributed by atoms with E-state index >= 15 is 0 Å². The van der Waals surface area contributed by atoms with E-state index in [4.69, 9.17) is 9.84 Å². The summed E-state index contributed by atoms with van der Waals surface area (Å²) in [6, 6.07) is 1.52. The number of carbonyl (C=O) groups is 1. The molecule has 0 aliphatic heterocycles. The second-order valence-electron chi connectivity index (χ2n) is 3.92. The summed E-state index contributed by atoms with van der Waals surface area (Å²) in [5.74, 6) is 4.99. The first-order valence-corrected chi connectivity index (χ1v) is 6.11.